The predicted molar refractivity (Wildman–Crippen MR) is 101 cm³/mol. The van der Waals surface area contributed by atoms with Crippen LogP contribution in [0.15, 0.2) is 0 Å². The minimum absolute atomic E-state index is 0.0977. The third-order valence-electron chi connectivity index (χ3n) is 4.81. The summed E-state index contributed by atoms with van der Waals surface area (Å²) in [6.07, 6.45) is 1.83. The average molecular weight is 386 g/mol. The third-order valence-corrected chi connectivity index (χ3v) is 4.81. The summed E-state index contributed by atoms with van der Waals surface area (Å²) in [5.74, 6) is -2.08. The van der Waals surface area contributed by atoms with Crippen molar-refractivity contribution in [2.75, 3.05) is 13.1 Å². The molecule has 0 aliphatic carbocycles. The number of aliphatic carboxylic acids is 1. The van der Waals surface area contributed by atoms with Crippen LogP contribution in [-0.4, -0.2) is 70.2 Å². The minimum atomic E-state index is -1.43. The number of nitrogens with one attached hydrogen (secondary N) is 1. The molecule has 4 atom stereocenters. The number of likely N-dealkylation sites (tertiary alicyclic amines) is 1. The number of carbonyl (C=O) groups excluding carboxylic acids is 2. The molecular weight excluding hydrogens is 352 g/mol. The van der Waals surface area contributed by atoms with E-state index in [0.29, 0.717) is 45.2 Å². The van der Waals surface area contributed by atoms with Gasteiger partial charge in [-0.2, -0.15) is 0 Å². The van der Waals surface area contributed by atoms with Crippen molar-refractivity contribution in [2.45, 2.75) is 76.6 Å². The molecule has 1 aliphatic heterocycles. The SMILES string of the molecule is CC(C)C[C@H](NC(=O)[C@@H](O)[C@H](N)CCCCN)C(=O)N1CCC[C@H]1C(=O)O. The summed E-state index contributed by atoms with van der Waals surface area (Å²) in [6, 6.07) is -2.50. The van der Waals surface area contributed by atoms with Crippen molar-refractivity contribution in [1.82, 2.24) is 10.2 Å². The molecule has 1 saturated heterocycles. The van der Waals surface area contributed by atoms with Gasteiger partial charge in [-0.1, -0.05) is 20.3 Å². The molecule has 0 aromatic rings. The van der Waals surface area contributed by atoms with Crippen molar-refractivity contribution in [3.8, 4) is 0 Å². The summed E-state index contributed by atoms with van der Waals surface area (Å²) in [7, 11) is 0. The van der Waals surface area contributed by atoms with Gasteiger partial charge in [0.05, 0.1) is 0 Å². The summed E-state index contributed by atoms with van der Waals surface area (Å²) in [5, 5.41) is 22.0. The third kappa shape index (κ3) is 7.08. The largest absolute Gasteiger partial charge is 0.480 e. The van der Waals surface area contributed by atoms with Crippen LogP contribution in [0.4, 0.5) is 0 Å². The molecule has 0 spiro atoms. The fourth-order valence-electron chi connectivity index (χ4n) is 3.31. The molecule has 0 saturated carbocycles. The van der Waals surface area contributed by atoms with E-state index in [4.69, 9.17) is 11.5 Å². The number of hydrogen-bond acceptors (Lipinski definition) is 6. The molecule has 0 unspecified atom stereocenters. The van der Waals surface area contributed by atoms with E-state index in [0.717, 1.165) is 6.42 Å². The first kappa shape index (κ1) is 23.3. The maximum Gasteiger partial charge on any atom is 0.326 e. The molecule has 9 nitrogen and oxygen atoms in total. The van der Waals surface area contributed by atoms with E-state index in [1.54, 1.807) is 0 Å². The minimum Gasteiger partial charge on any atom is -0.480 e. The van der Waals surface area contributed by atoms with Gasteiger partial charge in [-0.3, -0.25) is 9.59 Å². The van der Waals surface area contributed by atoms with Crippen LogP contribution < -0.4 is 16.8 Å². The van der Waals surface area contributed by atoms with Crippen LogP contribution in [0.2, 0.25) is 0 Å². The molecule has 156 valence electrons. The number of carbonyl (C=O) groups is 3. The van der Waals surface area contributed by atoms with Crippen molar-refractivity contribution in [2.24, 2.45) is 17.4 Å². The fraction of sp³-hybridized carbons (Fsp3) is 0.833. The molecule has 7 N–H and O–H groups in total. The Morgan fingerprint density at radius 1 is 1.26 bits per heavy atom. The lowest BCUT2D eigenvalue weighted by Gasteiger charge is -2.29. The normalized spacial score (nSPS) is 20.4. The second kappa shape index (κ2) is 11.2. The van der Waals surface area contributed by atoms with Crippen LogP contribution in [0.5, 0.6) is 0 Å². The number of amides is 2. The van der Waals surface area contributed by atoms with Gasteiger partial charge in [-0.25, -0.2) is 4.79 Å². The van der Waals surface area contributed by atoms with Crippen molar-refractivity contribution >= 4 is 17.8 Å². The molecule has 0 radical (unpaired) electrons. The summed E-state index contributed by atoms with van der Waals surface area (Å²) < 4.78 is 0. The molecular formula is C18H34N4O5. The molecule has 0 bridgehead atoms. The van der Waals surface area contributed by atoms with E-state index in [9.17, 15) is 24.6 Å². The highest BCUT2D eigenvalue weighted by Gasteiger charge is 2.38. The van der Waals surface area contributed by atoms with Crippen LogP contribution in [0.1, 0.15) is 52.4 Å². The number of aliphatic hydroxyl groups is 1. The maximum atomic E-state index is 12.9. The molecule has 9 heteroatoms. The van der Waals surface area contributed by atoms with Crippen molar-refractivity contribution in [3.63, 3.8) is 0 Å². The molecule has 27 heavy (non-hydrogen) atoms. The van der Waals surface area contributed by atoms with E-state index >= 15 is 0 Å². The van der Waals surface area contributed by atoms with Crippen LogP contribution in [0.25, 0.3) is 0 Å². The van der Waals surface area contributed by atoms with Gasteiger partial charge in [0.25, 0.3) is 5.91 Å². The highest BCUT2D eigenvalue weighted by molar-refractivity contribution is 5.92. The van der Waals surface area contributed by atoms with Gasteiger partial charge in [0, 0.05) is 12.6 Å². The van der Waals surface area contributed by atoms with Gasteiger partial charge in [0.1, 0.15) is 18.2 Å². The van der Waals surface area contributed by atoms with Crippen molar-refractivity contribution in [3.05, 3.63) is 0 Å². The first-order valence-corrected chi connectivity index (χ1v) is 9.66. The van der Waals surface area contributed by atoms with E-state index < -0.39 is 42.0 Å². The van der Waals surface area contributed by atoms with Crippen molar-refractivity contribution in [1.29, 1.82) is 0 Å². The Labute approximate surface area is 160 Å². The van der Waals surface area contributed by atoms with Crippen LogP contribution in [0, 0.1) is 5.92 Å². The number of nitrogens with zero attached hydrogens (tertiary/aromatic N) is 1. The summed E-state index contributed by atoms with van der Waals surface area (Å²) in [6.45, 7) is 4.67. The molecule has 0 aromatic heterocycles. The molecule has 1 aliphatic rings. The Morgan fingerprint density at radius 3 is 2.48 bits per heavy atom. The van der Waals surface area contributed by atoms with Gasteiger partial charge in [-0.05, 0) is 44.6 Å². The zero-order valence-corrected chi connectivity index (χ0v) is 16.3. The second-order valence-electron chi connectivity index (χ2n) is 7.61. The summed E-state index contributed by atoms with van der Waals surface area (Å²) >= 11 is 0. The highest BCUT2D eigenvalue weighted by Crippen LogP contribution is 2.20. The number of nitrogens with two attached hydrogens (primary N) is 2. The van der Waals surface area contributed by atoms with Gasteiger partial charge in [-0.15, -0.1) is 0 Å². The lowest BCUT2D eigenvalue weighted by molar-refractivity contribution is -0.150. The van der Waals surface area contributed by atoms with E-state index in [1.165, 1.54) is 4.90 Å². The number of unbranched alkanes of at least 4 members (excludes halogenated alkanes) is 1. The zero-order chi connectivity index (χ0) is 20.6. The molecule has 1 rings (SSSR count). The Hall–Kier alpha value is -1.71. The highest BCUT2D eigenvalue weighted by atomic mass is 16.4. The zero-order valence-electron chi connectivity index (χ0n) is 16.3. The van der Waals surface area contributed by atoms with Crippen LogP contribution in [-0.2, 0) is 14.4 Å². The quantitative estimate of drug-likeness (QED) is 0.297. The smallest absolute Gasteiger partial charge is 0.326 e. The molecule has 1 fully saturated rings. The van der Waals surface area contributed by atoms with E-state index in [-0.39, 0.29) is 5.92 Å². The van der Waals surface area contributed by atoms with Gasteiger partial charge < -0.3 is 31.9 Å². The van der Waals surface area contributed by atoms with Gasteiger partial charge >= 0.3 is 5.97 Å². The Morgan fingerprint density at radius 2 is 1.93 bits per heavy atom. The number of carboxylic acids is 1. The molecule has 1 heterocycles. The first-order valence-electron chi connectivity index (χ1n) is 9.66. The molecule has 0 aromatic carbocycles. The number of hydrogen-bond donors (Lipinski definition) is 5. The fourth-order valence-corrected chi connectivity index (χ4v) is 3.31. The van der Waals surface area contributed by atoms with Crippen molar-refractivity contribution < 1.29 is 24.6 Å². The van der Waals surface area contributed by atoms with Crippen LogP contribution in [0.3, 0.4) is 0 Å². The number of rotatable bonds is 11. The predicted octanol–water partition coefficient (Wildman–Crippen LogP) is -0.590. The van der Waals surface area contributed by atoms with Gasteiger partial charge in [0.15, 0.2) is 0 Å². The second-order valence-corrected chi connectivity index (χ2v) is 7.61. The van der Waals surface area contributed by atoms with E-state index in [1.807, 2.05) is 13.8 Å². The molecule has 2 amide bonds. The Balaban J connectivity index is 2.77. The van der Waals surface area contributed by atoms with Gasteiger partial charge in [0.2, 0.25) is 5.91 Å². The monoisotopic (exact) mass is 386 g/mol. The van der Waals surface area contributed by atoms with Crippen LogP contribution >= 0.6 is 0 Å². The standard InChI is InChI=1S/C18H34N4O5/c1-11(2)10-13(17(25)22-9-5-7-14(22)18(26)27)21-16(24)15(23)12(20)6-3-4-8-19/h11-15,23H,3-10,19-20H2,1-2H3,(H,21,24)(H,26,27)/t12-,13+,14+,15+/m1/s1. The lowest BCUT2D eigenvalue weighted by Crippen LogP contribution is -2.56. The number of carboxylic acid groups (broad SMARTS) is 1. The maximum absolute atomic E-state index is 12.9. The van der Waals surface area contributed by atoms with E-state index in [2.05, 4.69) is 5.32 Å². The summed E-state index contributed by atoms with van der Waals surface area (Å²) in [5.41, 5.74) is 11.3. The first-order chi connectivity index (χ1) is 12.7. The lowest BCUT2D eigenvalue weighted by atomic mass is 10.00. The summed E-state index contributed by atoms with van der Waals surface area (Å²) in [4.78, 5) is 37.9. The topological polar surface area (TPSA) is 159 Å². The number of aliphatic hydroxyl groups excluding tert-OH is 1. The Kier molecular flexibility index (Phi) is 9.68. The Bertz CT molecular complexity index is 514. The average Bonchev–Trinajstić information content (AvgIpc) is 3.09.